The summed E-state index contributed by atoms with van der Waals surface area (Å²) < 4.78 is 9.07. The molecule has 0 N–H and O–H groups in total. The number of thiophene rings is 1. The summed E-state index contributed by atoms with van der Waals surface area (Å²) in [5, 5.41) is 7.05. The largest absolute Gasteiger partial charge is 0.456 e. The summed E-state index contributed by atoms with van der Waals surface area (Å²) in [5.74, 6) is 0. The molecule has 2 heterocycles. The molecule has 4 heteroatoms. The Morgan fingerprint density at radius 2 is 0.824 bits per heavy atom. The van der Waals surface area contributed by atoms with Gasteiger partial charge in [0, 0.05) is 43.1 Å². The third kappa shape index (κ3) is 6.65. The minimum atomic E-state index is 0.856. The summed E-state index contributed by atoms with van der Waals surface area (Å²) in [5.41, 5.74) is 15.2. The molecule has 13 aromatic rings. The van der Waals surface area contributed by atoms with Crippen LogP contribution in [0.5, 0.6) is 0 Å². The first kappa shape index (κ1) is 39.6. The maximum Gasteiger partial charge on any atom is 0.137 e. The molecule has 3 nitrogen and oxygen atoms in total. The van der Waals surface area contributed by atoms with Crippen LogP contribution in [0.1, 0.15) is 0 Å². The van der Waals surface area contributed by atoms with Crippen molar-refractivity contribution in [2.45, 2.75) is 0 Å². The molecule has 0 radical (unpaired) electrons. The van der Waals surface area contributed by atoms with Crippen molar-refractivity contribution in [3.63, 3.8) is 0 Å². The van der Waals surface area contributed by atoms with E-state index in [1.807, 2.05) is 17.4 Å². The normalized spacial score (nSPS) is 11.5. The molecule has 68 heavy (non-hydrogen) atoms. The van der Waals surface area contributed by atoms with E-state index >= 15 is 0 Å². The van der Waals surface area contributed by atoms with Gasteiger partial charge < -0.3 is 14.2 Å². The Labute approximate surface area is 398 Å². The molecule has 0 amide bonds. The lowest BCUT2D eigenvalue weighted by molar-refractivity contribution is 0.669. The first-order valence-corrected chi connectivity index (χ1v) is 23.9. The Kier molecular flexibility index (Phi) is 9.69. The van der Waals surface area contributed by atoms with E-state index in [1.165, 1.54) is 42.1 Å². The van der Waals surface area contributed by atoms with Crippen LogP contribution in [0.4, 0.5) is 34.1 Å². The quantitative estimate of drug-likeness (QED) is 0.144. The molecule has 0 bridgehead atoms. The zero-order valence-electron chi connectivity index (χ0n) is 37.0. The number of para-hydroxylation sites is 3. The number of anilines is 6. The fraction of sp³-hybridized carbons (Fsp3) is 0. The molecule has 0 saturated carbocycles. The van der Waals surface area contributed by atoms with Crippen molar-refractivity contribution < 1.29 is 4.42 Å². The van der Waals surface area contributed by atoms with Crippen LogP contribution >= 0.6 is 11.3 Å². The minimum Gasteiger partial charge on any atom is -0.456 e. The number of hydrogen-bond donors (Lipinski definition) is 0. The number of hydrogen-bond acceptors (Lipinski definition) is 4. The van der Waals surface area contributed by atoms with Crippen LogP contribution in [0.2, 0.25) is 0 Å². The van der Waals surface area contributed by atoms with Gasteiger partial charge in [-0.3, -0.25) is 0 Å². The van der Waals surface area contributed by atoms with E-state index in [-0.39, 0.29) is 0 Å². The average Bonchev–Trinajstić information content (AvgIpc) is 3.99. The summed E-state index contributed by atoms with van der Waals surface area (Å²) in [7, 11) is 0. The van der Waals surface area contributed by atoms with Crippen molar-refractivity contribution in [3.8, 4) is 33.4 Å². The molecule has 320 valence electrons. The van der Waals surface area contributed by atoms with Gasteiger partial charge in [-0.2, -0.15) is 0 Å². The third-order valence-electron chi connectivity index (χ3n) is 13.3. The molecule has 0 saturated heterocycles. The van der Waals surface area contributed by atoms with Crippen LogP contribution in [-0.4, -0.2) is 0 Å². The Bertz CT molecular complexity index is 4000. The second-order valence-corrected chi connectivity index (χ2v) is 18.2. The van der Waals surface area contributed by atoms with Crippen molar-refractivity contribution >= 4 is 98.3 Å². The fourth-order valence-electron chi connectivity index (χ4n) is 10.3. The first-order chi connectivity index (χ1) is 33.8. The minimum absolute atomic E-state index is 0.856. The second kappa shape index (κ2) is 16.6. The van der Waals surface area contributed by atoms with Gasteiger partial charge in [-0.05, 0) is 88.3 Å². The van der Waals surface area contributed by atoms with E-state index in [2.05, 4.69) is 259 Å². The molecule has 2 aromatic heterocycles. The van der Waals surface area contributed by atoms with Crippen molar-refractivity contribution in [3.05, 3.63) is 255 Å². The van der Waals surface area contributed by atoms with E-state index < -0.39 is 0 Å². The SMILES string of the molecule is c1ccc(-c2ccccc2N(c2cccc(-c3ccccc3N(c3cccc4c3sc3ccccc34)c3cccc4oc5ccccc5c34)c2)c2ccc(-c3ccccc3)c3ccccc23)cc1. The molecule has 0 fully saturated rings. The Balaban J connectivity index is 1.05. The number of furan rings is 1. The zero-order chi connectivity index (χ0) is 45.0. The van der Waals surface area contributed by atoms with Crippen LogP contribution in [0.3, 0.4) is 0 Å². The molecule has 0 aliphatic heterocycles. The van der Waals surface area contributed by atoms with Crippen molar-refractivity contribution in [2.75, 3.05) is 9.80 Å². The average molecular weight is 887 g/mol. The summed E-state index contributed by atoms with van der Waals surface area (Å²) in [6.07, 6.45) is 0. The standard InChI is InChI=1S/C64H42N2OS/c1-3-20-43(21-4-1)47-40-41-57(51-29-8-7-28-50(47)51)65(55-33-13-9-26-48(55)44-22-5-2-6-23-44)46-25-17-24-45(42-46)49-27-10-14-34-56(49)66(58-35-19-38-61-63(58)54-31-11-15-37-60(54)67-61)59-36-18-32-53-52-30-12-16-39-62(52)68-64(53)59/h1-42H. The Morgan fingerprint density at radius 1 is 0.294 bits per heavy atom. The zero-order valence-corrected chi connectivity index (χ0v) is 37.8. The fourth-order valence-corrected chi connectivity index (χ4v) is 11.5. The molecule has 0 aliphatic carbocycles. The van der Waals surface area contributed by atoms with Crippen LogP contribution in [0, 0.1) is 0 Å². The van der Waals surface area contributed by atoms with Crippen LogP contribution < -0.4 is 9.80 Å². The van der Waals surface area contributed by atoms with Gasteiger partial charge in [0.2, 0.25) is 0 Å². The maximum atomic E-state index is 6.57. The van der Waals surface area contributed by atoms with Crippen molar-refractivity contribution in [2.24, 2.45) is 0 Å². The van der Waals surface area contributed by atoms with Gasteiger partial charge in [0.25, 0.3) is 0 Å². The lowest BCUT2D eigenvalue weighted by Crippen LogP contribution is -2.13. The van der Waals surface area contributed by atoms with Gasteiger partial charge in [0.15, 0.2) is 0 Å². The van der Waals surface area contributed by atoms with E-state index in [9.17, 15) is 0 Å². The molecule has 0 atom stereocenters. The summed E-state index contributed by atoms with van der Waals surface area (Å²) in [6.45, 7) is 0. The van der Waals surface area contributed by atoms with Crippen molar-refractivity contribution in [1.29, 1.82) is 0 Å². The molecule has 0 aliphatic rings. The number of nitrogens with zero attached hydrogens (tertiary/aromatic N) is 2. The Hall–Kier alpha value is -8.70. The van der Waals surface area contributed by atoms with Crippen LogP contribution in [-0.2, 0) is 0 Å². The second-order valence-electron chi connectivity index (χ2n) is 17.2. The molecule has 0 spiro atoms. The predicted octanol–water partition coefficient (Wildman–Crippen LogP) is 19.0. The van der Waals surface area contributed by atoms with Crippen LogP contribution in [0.15, 0.2) is 259 Å². The smallest absolute Gasteiger partial charge is 0.137 e. The number of benzene rings is 11. The molecule has 11 aromatic carbocycles. The highest BCUT2D eigenvalue weighted by Gasteiger charge is 2.26. The van der Waals surface area contributed by atoms with Gasteiger partial charge >= 0.3 is 0 Å². The van der Waals surface area contributed by atoms with Crippen LogP contribution in [0.25, 0.3) is 86.3 Å². The molecular formula is C64H42N2OS. The van der Waals surface area contributed by atoms with E-state index in [0.717, 1.165) is 78.3 Å². The summed E-state index contributed by atoms with van der Waals surface area (Å²) >= 11 is 1.85. The molecule has 13 rings (SSSR count). The highest BCUT2D eigenvalue weighted by molar-refractivity contribution is 7.26. The lowest BCUT2D eigenvalue weighted by Gasteiger charge is -2.31. The summed E-state index contributed by atoms with van der Waals surface area (Å²) in [6, 6.07) is 91.9. The predicted molar refractivity (Wildman–Crippen MR) is 290 cm³/mol. The highest BCUT2D eigenvalue weighted by atomic mass is 32.1. The van der Waals surface area contributed by atoms with Gasteiger partial charge in [-0.1, -0.05) is 194 Å². The van der Waals surface area contributed by atoms with E-state index in [0.29, 0.717) is 0 Å². The maximum absolute atomic E-state index is 6.57. The Morgan fingerprint density at radius 3 is 1.62 bits per heavy atom. The van der Waals surface area contributed by atoms with Gasteiger partial charge in [0.05, 0.1) is 38.5 Å². The van der Waals surface area contributed by atoms with Gasteiger partial charge in [-0.15, -0.1) is 11.3 Å². The van der Waals surface area contributed by atoms with Crippen molar-refractivity contribution in [1.82, 2.24) is 0 Å². The summed E-state index contributed by atoms with van der Waals surface area (Å²) in [4.78, 5) is 4.93. The first-order valence-electron chi connectivity index (χ1n) is 23.1. The van der Waals surface area contributed by atoms with E-state index in [4.69, 9.17) is 4.42 Å². The lowest BCUT2D eigenvalue weighted by atomic mass is 9.95. The molecule has 0 unspecified atom stereocenters. The number of fused-ring (bicyclic) bond motifs is 7. The highest BCUT2D eigenvalue weighted by Crippen LogP contribution is 2.51. The van der Waals surface area contributed by atoms with Gasteiger partial charge in [-0.25, -0.2) is 0 Å². The topological polar surface area (TPSA) is 19.6 Å². The monoisotopic (exact) mass is 886 g/mol. The molecular weight excluding hydrogens is 845 g/mol. The number of rotatable bonds is 9. The van der Waals surface area contributed by atoms with E-state index in [1.54, 1.807) is 0 Å². The van der Waals surface area contributed by atoms with Gasteiger partial charge in [0.1, 0.15) is 11.2 Å². The third-order valence-corrected chi connectivity index (χ3v) is 14.5.